The normalized spacial score (nSPS) is 21.0. The molecular weight excluding hydrogens is 279 g/mol. The van der Waals surface area contributed by atoms with Crippen LogP contribution < -0.4 is 5.73 Å². The topological polar surface area (TPSA) is 63.4 Å². The van der Waals surface area contributed by atoms with Crippen LogP contribution in [-0.4, -0.2) is 44.0 Å². The quantitative estimate of drug-likeness (QED) is 0.906. The Bertz CT molecular complexity index is 560. The molecular formula is C14H21FN2O2S. The predicted molar refractivity (Wildman–Crippen MR) is 77.5 cm³/mol. The highest BCUT2D eigenvalue weighted by Crippen LogP contribution is 2.29. The molecule has 1 aliphatic rings. The first-order chi connectivity index (χ1) is 9.37. The van der Waals surface area contributed by atoms with Crippen molar-refractivity contribution in [3.63, 3.8) is 0 Å². The zero-order chi connectivity index (χ0) is 14.8. The van der Waals surface area contributed by atoms with E-state index in [1.807, 2.05) is 13.1 Å². The number of nitrogens with zero attached hydrogens (tertiary/aromatic N) is 1. The van der Waals surface area contributed by atoms with Gasteiger partial charge in [-0.15, -0.1) is 0 Å². The molecule has 2 N–H and O–H groups in total. The molecule has 0 unspecified atom stereocenters. The van der Waals surface area contributed by atoms with Crippen molar-refractivity contribution in [1.82, 2.24) is 4.90 Å². The number of rotatable bonds is 4. The summed E-state index contributed by atoms with van der Waals surface area (Å²) in [5, 5.41) is 0. The number of sulfone groups is 1. The van der Waals surface area contributed by atoms with Crippen LogP contribution >= 0.6 is 0 Å². The Balaban J connectivity index is 2.12. The molecule has 0 spiro atoms. The van der Waals surface area contributed by atoms with Gasteiger partial charge in [-0.3, -0.25) is 4.90 Å². The second-order valence-electron chi connectivity index (χ2n) is 5.57. The van der Waals surface area contributed by atoms with Gasteiger partial charge in [0.1, 0.15) is 15.7 Å². The fourth-order valence-electron chi connectivity index (χ4n) is 2.74. The zero-order valence-electron chi connectivity index (χ0n) is 11.7. The Morgan fingerprint density at radius 1 is 1.35 bits per heavy atom. The average Bonchev–Trinajstić information content (AvgIpc) is 2.39. The molecule has 0 amide bonds. The number of benzene rings is 1. The van der Waals surface area contributed by atoms with Gasteiger partial charge < -0.3 is 5.73 Å². The van der Waals surface area contributed by atoms with Crippen molar-refractivity contribution in [3.05, 3.63) is 35.6 Å². The lowest BCUT2D eigenvalue weighted by molar-refractivity contribution is 0.105. The van der Waals surface area contributed by atoms with E-state index in [0.29, 0.717) is 25.9 Å². The summed E-state index contributed by atoms with van der Waals surface area (Å²) < 4.78 is 36.4. The summed E-state index contributed by atoms with van der Waals surface area (Å²) >= 11 is 0. The van der Waals surface area contributed by atoms with Gasteiger partial charge in [-0.2, -0.15) is 0 Å². The summed E-state index contributed by atoms with van der Waals surface area (Å²) in [4.78, 5) is 2.07. The maximum absolute atomic E-state index is 13.2. The van der Waals surface area contributed by atoms with Crippen molar-refractivity contribution in [2.45, 2.75) is 24.9 Å². The molecule has 2 rings (SSSR count). The van der Waals surface area contributed by atoms with Gasteiger partial charge in [0.2, 0.25) is 0 Å². The summed E-state index contributed by atoms with van der Waals surface area (Å²) in [5.41, 5.74) is 6.46. The Kier molecular flexibility index (Phi) is 4.46. The molecule has 1 aliphatic heterocycles. The molecule has 0 aliphatic carbocycles. The predicted octanol–water partition coefficient (Wildman–Crippen LogP) is 1.16. The van der Waals surface area contributed by atoms with E-state index in [9.17, 15) is 12.8 Å². The van der Waals surface area contributed by atoms with Crippen LogP contribution in [0.15, 0.2) is 24.3 Å². The van der Waals surface area contributed by atoms with Crippen LogP contribution in [0.25, 0.3) is 0 Å². The van der Waals surface area contributed by atoms with E-state index in [1.165, 1.54) is 12.1 Å². The fraction of sp³-hybridized carbons (Fsp3) is 0.571. The Hall–Kier alpha value is -0.980. The highest BCUT2D eigenvalue weighted by atomic mass is 32.2. The molecule has 0 aromatic heterocycles. The molecule has 1 heterocycles. The van der Waals surface area contributed by atoms with Gasteiger partial charge in [0.15, 0.2) is 0 Å². The molecule has 6 heteroatoms. The molecule has 0 saturated carbocycles. The van der Waals surface area contributed by atoms with Gasteiger partial charge in [-0.1, -0.05) is 12.1 Å². The average molecular weight is 300 g/mol. The maximum Gasteiger partial charge on any atom is 0.150 e. The Morgan fingerprint density at radius 2 is 2.00 bits per heavy atom. The third kappa shape index (κ3) is 3.37. The molecule has 112 valence electrons. The summed E-state index contributed by atoms with van der Waals surface area (Å²) in [6, 6.07) is 6.46. The Morgan fingerprint density at radius 3 is 2.55 bits per heavy atom. The number of halogens is 1. The van der Waals surface area contributed by atoms with Crippen LogP contribution in [0, 0.1) is 5.82 Å². The fourth-order valence-corrected chi connectivity index (χ4v) is 4.32. The summed E-state index contributed by atoms with van der Waals surface area (Å²) in [5.74, 6) is 0.0963. The molecule has 1 aromatic rings. The first-order valence-electron chi connectivity index (χ1n) is 6.73. The SMILES string of the molecule is CN(Cc1cccc(F)c1)C1(CN)CCS(=O)(=O)CC1. The number of likely N-dealkylation sites (N-methyl/N-ethyl adjacent to an activating group) is 1. The van der Waals surface area contributed by atoms with E-state index >= 15 is 0 Å². The van der Waals surface area contributed by atoms with E-state index in [-0.39, 0.29) is 22.9 Å². The van der Waals surface area contributed by atoms with Crippen molar-refractivity contribution in [3.8, 4) is 0 Å². The van der Waals surface area contributed by atoms with Crippen molar-refractivity contribution >= 4 is 9.84 Å². The highest BCUT2D eigenvalue weighted by Gasteiger charge is 2.39. The standard InChI is InChI=1S/C14H21FN2O2S/c1-17(10-12-3-2-4-13(15)9-12)14(11-16)5-7-20(18,19)8-6-14/h2-4,9H,5-8,10-11,16H2,1H3. The van der Waals surface area contributed by atoms with E-state index in [0.717, 1.165) is 5.56 Å². The van der Waals surface area contributed by atoms with Gasteiger partial charge in [0, 0.05) is 18.6 Å². The van der Waals surface area contributed by atoms with Gasteiger partial charge in [0.05, 0.1) is 11.5 Å². The molecule has 0 bridgehead atoms. The van der Waals surface area contributed by atoms with Crippen molar-refractivity contribution < 1.29 is 12.8 Å². The lowest BCUT2D eigenvalue weighted by atomic mass is 9.90. The van der Waals surface area contributed by atoms with Gasteiger partial charge in [0.25, 0.3) is 0 Å². The molecule has 20 heavy (non-hydrogen) atoms. The summed E-state index contributed by atoms with van der Waals surface area (Å²) in [6.45, 7) is 0.976. The minimum atomic E-state index is -2.92. The highest BCUT2D eigenvalue weighted by molar-refractivity contribution is 7.91. The molecule has 1 fully saturated rings. The van der Waals surface area contributed by atoms with Crippen LogP contribution in [0.5, 0.6) is 0 Å². The minimum Gasteiger partial charge on any atom is -0.329 e. The third-order valence-electron chi connectivity index (χ3n) is 4.26. The Labute approximate surface area is 119 Å². The second kappa shape index (κ2) is 5.79. The van der Waals surface area contributed by atoms with E-state index in [4.69, 9.17) is 5.73 Å². The molecule has 1 saturated heterocycles. The second-order valence-corrected chi connectivity index (χ2v) is 7.87. The van der Waals surface area contributed by atoms with Crippen molar-refractivity contribution in [1.29, 1.82) is 0 Å². The first-order valence-corrected chi connectivity index (χ1v) is 8.55. The van der Waals surface area contributed by atoms with Crippen LogP contribution in [-0.2, 0) is 16.4 Å². The summed E-state index contributed by atoms with van der Waals surface area (Å²) in [7, 11) is -0.993. The molecule has 1 aromatic carbocycles. The van der Waals surface area contributed by atoms with Crippen LogP contribution in [0.2, 0.25) is 0 Å². The largest absolute Gasteiger partial charge is 0.329 e. The monoisotopic (exact) mass is 300 g/mol. The zero-order valence-corrected chi connectivity index (χ0v) is 12.5. The first kappa shape index (κ1) is 15.4. The van der Waals surface area contributed by atoms with E-state index in [2.05, 4.69) is 4.90 Å². The number of hydrogen-bond donors (Lipinski definition) is 1. The van der Waals surface area contributed by atoms with E-state index in [1.54, 1.807) is 6.07 Å². The van der Waals surface area contributed by atoms with Gasteiger partial charge in [-0.25, -0.2) is 12.8 Å². The lowest BCUT2D eigenvalue weighted by Crippen LogP contribution is -2.55. The number of hydrogen-bond acceptors (Lipinski definition) is 4. The van der Waals surface area contributed by atoms with Crippen LogP contribution in [0.4, 0.5) is 4.39 Å². The molecule has 4 nitrogen and oxygen atoms in total. The van der Waals surface area contributed by atoms with Crippen molar-refractivity contribution in [2.75, 3.05) is 25.1 Å². The number of nitrogens with two attached hydrogens (primary N) is 1. The molecule has 0 atom stereocenters. The maximum atomic E-state index is 13.2. The van der Waals surface area contributed by atoms with E-state index < -0.39 is 9.84 Å². The summed E-state index contributed by atoms with van der Waals surface area (Å²) in [6.07, 6.45) is 1.08. The lowest BCUT2D eigenvalue weighted by Gasteiger charge is -2.43. The van der Waals surface area contributed by atoms with Crippen LogP contribution in [0.1, 0.15) is 18.4 Å². The van der Waals surface area contributed by atoms with Crippen LogP contribution in [0.3, 0.4) is 0 Å². The smallest absolute Gasteiger partial charge is 0.150 e. The minimum absolute atomic E-state index is 0.178. The third-order valence-corrected chi connectivity index (χ3v) is 5.91. The van der Waals surface area contributed by atoms with Gasteiger partial charge in [-0.05, 0) is 37.6 Å². The van der Waals surface area contributed by atoms with Crippen molar-refractivity contribution in [2.24, 2.45) is 5.73 Å². The van der Waals surface area contributed by atoms with Gasteiger partial charge >= 0.3 is 0 Å². The molecule has 0 radical (unpaired) electrons.